The molecule has 0 aliphatic carbocycles. The van der Waals surface area contributed by atoms with E-state index in [-0.39, 0.29) is 24.3 Å². The summed E-state index contributed by atoms with van der Waals surface area (Å²) >= 11 is 0. The van der Waals surface area contributed by atoms with Gasteiger partial charge in [-0.3, -0.25) is 9.59 Å². The topological polar surface area (TPSA) is 58.6 Å². The summed E-state index contributed by atoms with van der Waals surface area (Å²) in [7, 11) is 1.47. The molecule has 0 saturated carbocycles. The third-order valence-electron chi connectivity index (χ3n) is 4.26. The first-order valence-electron chi connectivity index (χ1n) is 8.16. The molecule has 0 bridgehead atoms. The van der Waals surface area contributed by atoms with E-state index in [2.05, 4.69) is 17.4 Å². The van der Waals surface area contributed by atoms with Crippen LogP contribution in [0.15, 0.2) is 24.3 Å². The lowest BCUT2D eigenvalue weighted by Crippen LogP contribution is -2.52. The van der Waals surface area contributed by atoms with Gasteiger partial charge in [0.25, 0.3) is 0 Å². The molecule has 126 valence electrons. The highest BCUT2D eigenvalue weighted by Gasteiger charge is 2.29. The van der Waals surface area contributed by atoms with E-state index in [1.807, 2.05) is 30.9 Å². The Kier molecular flexibility index (Phi) is 6.16. The summed E-state index contributed by atoms with van der Waals surface area (Å²) in [4.78, 5) is 26.5. The Labute approximate surface area is 138 Å². The molecule has 1 aromatic rings. The summed E-state index contributed by atoms with van der Waals surface area (Å²) in [5, 5.41) is 2.80. The second-order valence-corrected chi connectivity index (χ2v) is 6.32. The van der Waals surface area contributed by atoms with Gasteiger partial charge in [0, 0.05) is 20.2 Å². The second kappa shape index (κ2) is 8.11. The van der Waals surface area contributed by atoms with Crippen LogP contribution in [0.4, 0.5) is 0 Å². The molecule has 1 heterocycles. The highest BCUT2D eigenvalue weighted by atomic mass is 16.5. The number of nitrogens with zero attached hydrogens (tertiary/aromatic N) is 1. The Hall–Kier alpha value is -1.88. The average molecular weight is 318 g/mol. The third kappa shape index (κ3) is 4.55. The first kappa shape index (κ1) is 17.5. The van der Waals surface area contributed by atoms with Gasteiger partial charge in [-0.15, -0.1) is 0 Å². The average Bonchev–Trinajstić information content (AvgIpc) is 2.74. The highest BCUT2D eigenvalue weighted by molar-refractivity contribution is 5.88. The molecule has 0 spiro atoms. The number of ether oxygens (including phenoxy) is 1. The summed E-state index contributed by atoms with van der Waals surface area (Å²) in [6, 6.07) is 7.84. The highest BCUT2D eigenvalue weighted by Crippen LogP contribution is 2.17. The minimum Gasteiger partial charge on any atom is -0.375 e. The number of fused-ring (bicyclic) bond motifs is 1. The Morgan fingerprint density at radius 2 is 1.74 bits per heavy atom. The standard InChI is InChI=1S/C18H26N2O3/c1-13(2)17(19-16(21)12-23-3)18(22)20-10-8-14-6-4-5-7-15(14)9-11-20/h4-7,13,17H,8-12H2,1-3H3,(H,19,21)/t17-/m0/s1. The summed E-state index contributed by atoms with van der Waals surface area (Å²) in [6.07, 6.45) is 1.72. The van der Waals surface area contributed by atoms with E-state index in [0.717, 1.165) is 12.8 Å². The number of hydrogen-bond acceptors (Lipinski definition) is 3. The molecule has 1 atom stereocenters. The predicted octanol–water partition coefficient (Wildman–Crippen LogP) is 1.40. The summed E-state index contributed by atoms with van der Waals surface area (Å²) in [5.41, 5.74) is 2.62. The van der Waals surface area contributed by atoms with Crippen molar-refractivity contribution >= 4 is 11.8 Å². The number of hydrogen-bond donors (Lipinski definition) is 1. The fourth-order valence-corrected chi connectivity index (χ4v) is 2.94. The SMILES string of the molecule is COCC(=O)N[C@H](C(=O)N1CCc2ccccc2CC1)C(C)C. The van der Waals surface area contributed by atoms with Gasteiger partial charge in [0.1, 0.15) is 12.6 Å². The van der Waals surface area contributed by atoms with Crippen LogP contribution in [0.25, 0.3) is 0 Å². The van der Waals surface area contributed by atoms with Gasteiger partial charge in [-0.25, -0.2) is 0 Å². The molecule has 0 radical (unpaired) electrons. The second-order valence-electron chi connectivity index (χ2n) is 6.32. The molecule has 1 aliphatic rings. The fourth-order valence-electron chi connectivity index (χ4n) is 2.94. The van der Waals surface area contributed by atoms with Gasteiger partial charge in [-0.05, 0) is 29.9 Å². The molecule has 0 fully saturated rings. The van der Waals surface area contributed by atoms with Crippen molar-refractivity contribution in [3.05, 3.63) is 35.4 Å². The molecule has 0 aromatic heterocycles. The number of benzene rings is 1. The monoisotopic (exact) mass is 318 g/mol. The molecule has 2 rings (SSSR count). The molecular formula is C18H26N2O3. The van der Waals surface area contributed by atoms with Crippen molar-refractivity contribution < 1.29 is 14.3 Å². The molecule has 5 nitrogen and oxygen atoms in total. The molecule has 2 amide bonds. The first-order valence-corrected chi connectivity index (χ1v) is 8.16. The van der Waals surface area contributed by atoms with Crippen LogP contribution in [-0.4, -0.2) is 49.6 Å². The fraction of sp³-hybridized carbons (Fsp3) is 0.556. The van der Waals surface area contributed by atoms with Crippen LogP contribution in [0, 0.1) is 5.92 Å². The number of amides is 2. The number of nitrogens with one attached hydrogen (secondary N) is 1. The third-order valence-corrected chi connectivity index (χ3v) is 4.26. The zero-order chi connectivity index (χ0) is 16.8. The first-order chi connectivity index (χ1) is 11.0. The number of carbonyl (C=O) groups excluding carboxylic acids is 2. The number of carbonyl (C=O) groups is 2. The van der Waals surface area contributed by atoms with Gasteiger partial charge >= 0.3 is 0 Å². The largest absolute Gasteiger partial charge is 0.375 e. The van der Waals surface area contributed by atoms with Crippen molar-refractivity contribution in [2.45, 2.75) is 32.7 Å². The normalized spacial score (nSPS) is 15.7. The lowest BCUT2D eigenvalue weighted by atomic mass is 10.0. The minimum absolute atomic E-state index is 0.00254. The van der Waals surface area contributed by atoms with Crippen LogP contribution in [0.2, 0.25) is 0 Å². The van der Waals surface area contributed by atoms with Crippen molar-refractivity contribution in [2.75, 3.05) is 26.8 Å². The van der Waals surface area contributed by atoms with Crippen LogP contribution >= 0.6 is 0 Å². The van der Waals surface area contributed by atoms with Crippen molar-refractivity contribution in [1.82, 2.24) is 10.2 Å². The van der Waals surface area contributed by atoms with E-state index < -0.39 is 6.04 Å². The maximum Gasteiger partial charge on any atom is 0.246 e. The van der Waals surface area contributed by atoms with Crippen molar-refractivity contribution in [3.8, 4) is 0 Å². The van der Waals surface area contributed by atoms with Crippen LogP contribution in [0.5, 0.6) is 0 Å². The van der Waals surface area contributed by atoms with Crippen LogP contribution in [0.3, 0.4) is 0 Å². The maximum absolute atomic E-state index is 12.9. The van der Waals surface area contributed by atoms with E-state index >= 15 is 0 Å². The van der Waals surface area contributed by atoms with Crippen LogP contribution < -0.4 is 5.32 Å². The van der Waals surface area contributed by atoms with Crippen molar-refractivity contribution in [3.63, 3.8) is 0 Å². The molecule has 0 saturated heterocycles. The van der Waals surface area contributed by atoms with Crippen molar-refractivity contribution in [2.24, 2.45) is 5.92 Å². The van der Waals surface area contributed by atoms with E-state index in [9.17, 15) is 9.59 Å². The zero-order valence-electron chi connectivity index (χ0n) is 14.2. The minimum atomic E-state index is -0.501. The Morgan fingerprint density at radius 1 is 1.17 bits per heavy atom. The molecule has 1 aromatic carbocycles. The van der Waals surface area contributed by atoms with E-state index in [1.165, 1.54) is 18.2 Å². The Morgan fingerprint density at radius 3 is 2.22 bits per heavy atom. The smallest absolute Gasteiger partial charge is 0.246 e. The van der Waals surface area contributed by atoms with Crippen LogP contribution in [0.1, 0.15) is 25.0 Å². The maximum atomic E-state index is 12.9. The van der Waals surface area contributed by atoms with E-state index in [4.69, 9.17) is 4.74 Å². The summed E-state index contributed by atoms with van der Waals surface area (Å²) in [5.74, 6) is -0.219. The van der Waals surface area contributed by atoms with Gasteiger partial charge in [-0.2, -0.15) is 0 Å². The molecule has 1 N–H and O–H groups in total. The lowest BCUT2D eigenvalue weighted by Gasteiger charge is -2.29. The summed E-state index contributed by atoms with van der Waals surface area (Å²) in [6.45, 7) is 5.25. The van der Waals surface area contributed by atoms with Gasteiger partial charge in [0.2, 0.25) is 11.8 Å². The van der Waals surface area contributed by atoms with Gasteiger partial charge < -0.3 is 15.0 Å². The molecule has 0 unspecified atom stereocenters. The number of methoxy groups -OCH3 is 1. The van der Waals surface area contributed by atoms with E-state index in [0.29, 0.717) is 13.1 Å². The summed E-state index contributed by atoms with van der Waals surface area (Å²) < 4.78 is 4.83. The van der Waals surface area contributed by atoms with Crippen LogP contribution in [-0.2, 0) is 27.2 Å². The lowest BCUT2D eigenvalue weighted by molar-refractivity contribution is -0.138. The quantitative estimate of drug-likeness (QED) is 0.893. The molecular weight excluding hydrogens is 292 g/mol. The number of rotatable bonds is 5. The zero-order valence-corrected chi connectivity index (χ0v) is 14.2. The Balaban J connectivity index is 2.04. The predicted molar refractivity (Wildman–Crippen MR) is 89.1 cm³/mol. The van der Waals surface area contributed by atoms with Crippen molar-refractivity contribution in [1.29, 1.82) is 0 Å². The molecule has 23 heavy (non-hydrogen) atoms. The van der Waals surface area contributed by atoms with Gasteiger partial charge in [-0.1, -0.05) is 38.1 Å². The molecule has 5 heteroatoms. The van der Waals surface area contributed by atoms with E-state index in [1.54, 1.807) is 0 Å². The van der Waals surface area contributed by atoms with Gasteiger partial charge in [0.15, 0.2) is 0 Å². The van der Waals surface area contributed by atoms with Gasteiger partial charge in [0.05, 0.1) is 0 Å². The molecule has 1 aliphatic heterocycles. The Bertz CT molecular complexity index is 530.